The number of amides is 1. The smallest absolute Gasteiger partial charge is 0.255 e. The van der Waals surface area contributed by atoms with Crippen molar-refractivity contribution in [2.75, 3.05) is 13.1 Å². The van der Waals surface area contributed by atoms with Crippen LogP contribution in [0.1, 0.15) is 23.2 Å². The Morgan fingerprint density at radius 1 is 1.39 bits per heavy atom. The van der Waals surface area contributed by atoms with Gasteiger partial charge in [-0.2, -0.15) is 0 Å². The van der Waals surface area contributed by atoms with E-state index in [1.54, 1.807) is 12.1 Å². The first kappa shape index (κ1) is 15.7. The third-order valence-electron chi connectivity index (χ3n) is 2.86. The first-order valence-electron chi connectivity index (χ1n) is 5.64. The van der Waals surface area contributed by atoms with Gasteiger partial charge in [-0.3, -0.25) is 4.79 Å². The van der Waals surface area contributed by atoms with Crippen molar-refractivity contribution in [3.63, 3.8) is 0 Å². The highest BCUT2D eigenvalue weighted by molar-refractivity contribution is 14.1. The van der Waals surface area contributed by atoms with E-state index in [9.17, 15) is 9.18 Å². The van der Waals surface area contributed by atoms with E-state index in [4.69, 9.17) is 0 Å². The first-order chi connectivity index (χ1) is 8.18. The summed E-state index contributed by atoms with van der Waals surface area (Å²) >= 11 is 1.98. The summed E-state index contributed by atoms with van der Waals surface area (Å²) in [5, 5.41) is 6.12. The minimum absolute atomic E-state index is 0. The van der Waals surface area contributed by atoms with Crippen molar-refractivity contribution in [1.29, 1.82) is 0 Å². The fourth-order valence-electron chi connectivity index (χ4n) is 1.94. The van der Waals surface area contributed by atoms with Gasteiger partial charge in [0.2, 0.25) is 0 Å². The minimum atomic E-state index is -0.455. The Balaban J connectivity index is 0.00000162. The highest BCUT2D eigenvalue weighted by Gasteiger charge is 2.20. The molecule has 1 heterocycles. The molecule has 1 fully saturated rings. The predicted octanol–water partition coefficient (Wildman–Crippen LogP) is 2.33. The number of carbonyl (C=O) groups is 1. The molecule has 1 aliphatic rings. The molecule has 0 unspecified atom stereocenters. The summed E-state index contributed by atoms with van der Waals surface area (Å²) in [7, 11) is 0. The number of piperidine rings is 1. The molecule has 1 saturated heterocycles. The Hall–Kier alpha value is -0.400. The quantitative estimate of drug-likeness (QED) is 0.769. The average molecular weight is 385 g/mol. The van der Waals surface area contributed by atoms with Gasteiger partial charge in [-0.1, -0.05) is 6.07 Å². The van der Waals surface area contributed by atoms with E-state index in [1.807, 2.05) is 22.6 Å². The molecule has 0 atom stereocenters. The number of rotatable bonds is 2. The molecule has 1 aromatic rings. The molecule has 18 heavy (non-hydrogen) atoms. The van der Waals surface area contributed by atoms with Crippen molar-refractivity contribution < 1.29 is 9.18 Å². The molecule has 0 aliphatic carbocycles. The largest absolute Gasteiger partial charge is 0.349 e. The second-order valence-electron chi connectivity index (χ2n) is 4.09. The maximum atomic E-state index is 13.6. The number of nitrogens with one attached hydrogen (secondary N) is 2. The summed E-state index contributed by atoms with van der Waals surface area (Å²) in [6.45, 7) is 1.80. The zero-order chi connectivity index (χ0) is 12.3. The molecule has 1 aromatic carbocycles. The molecule has 1 aliphatic heterocycles. The van der Waals surface area contributed by atoms with E-state index >= 15 is 0 Å². The molecule has 1 amide bonds. The van der Waals surface area contributed by atoms with Gasteiger partial charge in [0.1, 0.15) is 5.82 Å². The molecule has 2 rings (SSSR count). The lowest BCUT2D eigenvalue weighted by molar-refractivity contribution is 0.0924. The van der Waals surface area contributed by atoms with Crippen LogP contribution in [0.3, 0.4) is 0 Å². The van der Waals surface area contributed by atoms with Gasteiger partial charge in [0.25, 0.3) is 5.91 Å². The molecule has 3 nitrogen and oxygen atoms in total. The lowest BCUT2D eigenvalue weighted by atomic mass is 10.1. The van der Waals surface area contributed by atoms with Crippen molar-refractivity contribution in [3.8, 4) is 0 Å². The van der Waals surface area contributed by atoms with Crippen LogP contribution in [0.2, 0.25) is 0 Å². The molecular formula is C12H15ClFIN2O. The Morgan fingerprint density at radius 3 is 2.67 bits per heavy atom. The van der Waals surface area contributed by atoms with E-state index in [0.29, 0.717) is 3.57 Å². The molecule has 6 heteroatoms. The zero-order valence-corrected chi connectivity index (χ0v) is 12.7. The SMILES string of the molecule is Cl.O=C(NC1CCNCC1)c1c(F)cccc1I. The minimum Gasteiger partial charge on any atom is -0.349 e. The molecule has 2 N–H and O–H groups in total. The summed E-state index contributed by atoms with van der Waals surface area (Å²) in [6.07, 6.45) is 1.80. The van der Waals surface area contributed by atoms with E-state index in [-0.39, 0.29) is 29.9 Å². The van der Waals surface area contributed by atoms with Crippen molar-refractivity contribution >= 4 is 40.9 Å². The fraction of sp³-hybridized carbons (Fsp3) is 0.417. The zero-order valence-electron chi connectivity index (χ0n) is 9.71. The van der Waals surface area contributed by atoms with Gasteiger partial charge in [-0.15, -0.1) is 12.4 Å². The Bertz CT molecular complexity index is 404. The fourth-order valence-corrected chi connectivity index (χ4v) is 2.65. The van der Waals surface area contributed by atoms with Crippen molar-refractivity contribution in [2.45, 2.75) is 18.9 Å². The van der Waals surface area contributed by atoms with E-state index < -0.39 is 5.82 Å². The van der Waals surface area contributed by atoms with Gasteiger partial charge < -0.3 is 10.6 Å². The lowest BCUT2D eigenvalue weighted by Crippen LogP contribution is -2.43. The van der Waals surface area contributed by atoms with Gasteiger partial charge in [0.05, 0.1) is 5.56 Å². The summed E-state index contributed by atoms with van der Waals surface area (Å²) in [5.41, 5.74) is 0.159. The maximum absolute atomic E-state index is 13.6. The number of benzene rings is 1. The second kappa shape index (κ2) is 7.25. The molecule has 0 spiro atoms. The third kappa shape index (κ3) is 3.80. The monoisotopic (exact) mass is 384 g/mol. The summed E-state index contributed by atoms with van der Waals surface area (Å²) < 4.78 is 14.2. The van der Waals surface area contributed by atoms with Gasteiger partial charge >= 0.3 is 0 Å². The number of hydrogen-bond acceptors (Lipinski definition) is 2. The van der Waals surface area contributed by atoms with Gasteiger partial charge in [0.15, 0.2) is 0 Å². The molecule has 0 radical (unpaired) electrons. The summed E-state index contributed by atoms with van der Waals surface area (Å²) in [4.78, 5) is 12.0. The number of hydrogen-bond donors (Lipinski definition) is 2. The van der Waals surface area contributed by atoms with Crippen molar-refractivity contribution in [1.82, 2.24) is 10.6 Å². The topological polar surface area (TPSA) is 41.1 Å². The highest BCUT2D eigenvalue weighted by atomic mass is 127. The van der Waals surface area contributed by atoms with E-state index in [2.05, 4.69) is 10.6 Å². The maximum Gasteiger partial charge on any atom is 0.255 e. The lowest BCUT2D eigenvalue weighted by Gasteiger charge is -2.23. The Labute approximate surface area is 125 Å². The normalized spacial score (nSPS) is 15.9. The third-order valence-corrected chi connectivity index (χ3v) is 3.76. The van der Waals surface area contributed by atoms with Gasteiger partial charge in [-0.05, 0) is 60.7 Å². The summed E-state index contributed by atoms with van der Waals surface area (Å²) in [5.74, 6) is -0.761. The second-order valence-corrected chi connectivity index (χ2v) is 5.26. The molecule has 0 saturated carbocycles. The summed E-state index contributed by atoms with van der Waals surface area (Å²) in [6, 6.07) is 4.82. The van der Waals surface area contributed by atoms with Gasteiger partial charge in [-0.25, -0.2) is 4.39 Å². The van der Waals surface area contributed by atoms with Crippen LogP contribution in [0.25, 0.3) is 0 Å². The van der Waals surface area contributed by atoms with E-state index in [0.717, 1.165) is 25.9 Å². The van der Waals surface area contributed by atoms with Crippen molar-refractivity contribution in [2.24, 2.45) is 0 Å². The van der Waals surface area contributed by atoms with Crippen LogP contribution in [0, 0.1) is 9.39 Å². The molecule has 0 bridgehead atoms. The van der Waals surface area contributed by atoms with Crippen LogP contribution in [0.5, 0.6) is 0 Å². The van der Waals surface area contributed by atoms with Gasteiger partial charge in [0, 0.05) is 9.61 Å². The Morgan fingerprint density at radius 2 is 2.06 bits per heavy atom. The van der Waals surface area contributed by atoms with Crippen LogP contribution >= 0.6 is 35.0 Å². The average Bonchev–Trinajstić information content (AvgIpc) is 2.30. The predicted molar refractivity (Wildman–Crippen MR) is 79.7 cm³/mol. The van der Waals surface area contributed by atoms with Crippen LogP contribution in [0.15, 0.2) is 18.2 Å². The highest BCUT2D eigenvalue weighted by Crippen LogP contribution is 2.16. The van der Waals surface area contributed by atoms with Crippen molar-refractivity contribution in [3.05, 3.63) is 33.1 Å². The van der Waals surface area contributed by atoms with E-state index in [1.165, 1.54) is 6.07 Å². The molecule has 100 valence electrons. The van der Waals surface area contributed by atoms with Crippen LogP contribution in [-0.2, 0) is 0 Å². The first-order valence-corrected chi connectivity index (χ1v) is 6.72. The number of halogens is 3. The molecular weight excluding hydrogens is 370 g/mol. The standard InChI is InChI=1S/C12H14FIN2O.ClH/c13-9-2-1-3-10(14)11(9)12(17)16-8-4-6-15-7-5-8;/h1-3,8,15H,4-7H2,(H,16,17);1H. The number of carbonyl (C=O) groups excluding carboxylic acids is 1. The van der Waals surface area contributed by atoms with Crippen LogP contribution in [-0.4, -0.2) is 25.0 Å². The van der Waals surface area contributed by atoms with Crippen LogP contribution in [0.4, 0.5) is 4.39 Å². The van der Waals surface area contributed by atoms with Crippen LogP contribution < -0.4 is 10.6 Å². The Kier molecular flexibility index (Phi) is 6.31. The molecule has 0 aromatic heterocycles.